The van der Waals surface area contributed by atoms with Crippen molar-refractivity contribution in [1.82, 2.24) is 4.90 Å². The van der Waals surface area contributed by atoms with E-state index in [1.54, 1.807) is 31.3 Å². The summed E-state index contributed by atoms with van der Waals surface area (Å²) in [6, 6.07) is 28.4. The van der Waals surface area contributed by atoms with Crippen molar-refractivity contribution in [2.24, 2.45) is 0 Å². The van der Waals surface area contributed by atoms with Gasteiger partial charge in [-0.15, -0.1) is 0 Å². The molecule has 0 fully saturated rings. The summed E-state index contributed by atoms with van der Waals surface area (Å²) in [7, 11) is 3.22. The number of carbonyl (C=O) groups is 2. The third-order valence-corrected chi connectivity index (χ3v) is 7.26. The number of hydrogen-bond acceptors (Lipinski definition) is 5. The Labute approximate surface area is 231 Å². The first-order valence-electron chi connectivity index (χ1n) is 13.1. The lowest BCUT2D eigenvalue weighted by Gasteiger charge is -2.29. The topological polar surface area (TPSA) is 81.0 Å². The first-order valence-corrected chi connectivity index (χ1v) is 13.1. The molecule has 1 aliphatic rings. The molecule has 4 aromatic carbocycles. The summed E-state index contributed by atoms with van der Waals surface area (Å²) in [5.41, 5.74) is 4.25. The Morgan fingerprint density at radius 1 is 0.800 bits per heavy atom. The third-order valence-electron chi connectivity index (χ3n) is 7.26. The highest BCUT2D eigenvalue weighted by atomic mass is 16.5. The van der Waals surface area contributed by atoms with Crippen LogP contribution in [0.15, 0.2) is 95.4 Å². The molecule has 200 valence electrons. The Morgan fingerprint density at radius 3 is 2.27 bits per heavy atom. The second kappa shape index (κ2) is 10.6. The van der Waals surface area contributed by atoms with Gasteiger partial charge >= 0.3 is 0 Å². The van der Waals surface area contributed by atoms with Crippen molar-refractivity contribution in [3.8, 4) is 22.8 Å². The Balaban J connectivity index is 1.13. The Kier molecular flexibility index (Phi) is 6.70. The minimum Gasteiger partial charge on any atom is -0.493 e. The number of amides is 2. The highest BCUT2D eigenvalue weighted by molar-refractivity contribution is 6.06. The zero-order valence-electron chi connectivity index (χ0n) is 22.3. The zero-order valence-corrected chi connectivity index (χ0v) is 22.3. The number of ether oxygens (including phenoxy) is 2. The monoisotopic (exact) mass is 532 g/mol. The van der Waals surface area contributed by atoms with Crippen LogP contribution >= 0.6 is 0 Å². The number of nitrogens with one attached hydrogen (secondary N) is 1. The summed E-state index contributed by atoms with van der Waals surface area (Å²) in [5.74, 6) is 1.87. The molecular formula is C33H28N2O5. The maximum absolute atomic E-state index is 13.3. The van der Waals surface area contributed by atoms with Gasteiger partial charge in [0.1, 0.15) is 5.76 Å². The first-order chi connectivity index (χ1) is 19.5. The van der Waals surface area contributed by atoms with Crippen LogP contribution in [0.5, 0.6) is 11.5 Å². The van der Waals surface area contributed by atoms with Gasteiger partial charge in [-0.3, -0.25) is 9.59 Å². The number of furan rings is 1. The molecule has 7 nitrogen and oxygen atoms in total. The van der Waals surface area contributed by atoms with Crippen molar-refractivity contribution in [2.75, 3.05) is 26.1 Å². The molecule has 1 aromatic heterocycles. The second-order valence-electron chi connectivity index (χ2n) is 9.71. The van der Waals surface area contributed by atoms with Crippen LogP contribution in [0.4, 0.5) is 5.69 Å². The van der Waals surface area contributed by atoms with Gasteiger partial charge in [-0.05, 0) is 89.0 Å². The third kappa shape index (κ3) is 4.89. The normalized spacial score (nSPS) is 12.6. The van der Waals surface area contributed by atoms with E-state index in [4.69, 9.17) is 13.9 Å². The highest BCUT2D eigenvalue weighted by Gasteiger charge is 2.25. The fraction of sp³-hybridized carbons (Fsp3) is 0.152. The summed E-state index contributed by atoms with van der Waals surface area (Å²) < 4.78 is 16.8. The zero-order chi connectivity index (χ0) is 27.6. The molecule has 1 N–H and O–H groups in total. The maximum Gasteiger partial charge on any atom is 0.289 e. The number of methoxy groups -OCH3 is 2. The molecule has 6 rings (SSSR count). The van der Waals surface area contributed by atoms with Gasteiger partial charge in [-0.2, -0.15) is 0 Å². The summed E-state index contributed by atoms with van der Waals surface area (Å²) in [6.45, 7) is 1.05. The Bertz CT molecular complexity index is 1720. The fourth-order valence-electron chi connectivity index (χ4n) is 5.07. The van der Waals surface area contributed by atoms with Gasteiger partial charge in [0.25, 0.3) is 11.8 Å². The molecular weight excluding hydrogens is 504 g/mol. The van der Waals surface area contributed by atoms with Gasteiger partial charge in [-0.1, -0.05) is 30.3 Å². The Morgan fingerprint density at radius 2 is 1.52 bits per heavy atom. The summed E-state index contributed by atoms with van der Waals surface area (Å²) in [4.78, 5) is 27.8. The average Bonchev–Trinajstić information content (AvgIpc) is 3.50. The molecule has 0 saturated carbocycles. The largest absolute Gasteiger partial charge is 0.493 e. The van der Waals surface area contributed by atoms with Crippen molar-refractivity contribution in [3.63, 3.8) is 0 Å². The van der Waals surface area contributed by atoms with Gasteiger partial charge in [0.15, 0.2) is 17.3 Å². The lowest BCUT2D eigenvalue weighted by molar-refractivity contribution is 0.0703. The lowest BCUT2D eigenvalue weighted by Crippen LogP contribution is -2.35. The molecule has 1 aliphatic heterocycles. The number of carbonyl (C=O) groups excluding carboxylic acids is 2. The van der Waals surface area contributed by atoms with Crippen LogP contribution in [-0.2, 0) is 13.0 Å². The van der Waals surface area contributed by atoms with Crippen LogP contribution in [0.3, 0.4) is 0 Å². The smallest absolute Gasteiger partial charge is 0.289 e. The molecule has 0 radical (unpaired) electrons. The van der Waals surface area contributed by atoms with Crippen LogP contribution in [0, 0.1) is 0 Å². The van der Waals surface area contributed by atoms with Crippen molar-refractivity contribution in [2.45, 2.75) is 13.0 Å². The van der Waals surface area contributed by atoms with E-state index >= 15 is 0 Å². The van der Waals surface area contributed by atoms with Crippen molar-refractivity contribution >= 4 is 28.3 Å². The summed E-state index contributed by atoms with van der Waals surface area (Å²) >= 11 is 0. The van der Waals surface area contributed by atoms with E-state index in [0.29, 0.717) is 41.6 Å². The molecule has 7 heteroatoms. The minimum atomic E-state index is -0.177. The number of rotatable bonds is 6. The molecule has 0 saturated heterocycles. The van der Waals surface area contributed by atoms with Crippen molar-refractivity contribution in [3.05, 3.63) is 113 Å². The molecule has 2 heterocycles. The maximum atomic E-state index is 13.3. The lowest BCUT2D eigenvalue weighted by atomic mass is 9.98. The molecule has 5 aromatic rings. The average molecular weight is 533 g/mol. The minimum absolute atomic E-state index is 0.161. The van der Waals surface area contributed by atoms with Crippen LogP contribution < -0.4 is 14.8 Å². The molecule has 0 spiro atoms. The van der Waals surface area contributed by atoms with Crippen LogP contribution in [-0.4, -0.2) is 37.5 Å². The summed E-state index contributed by atoms with van der Waals surface area (Å²) in [5, 5.41) is 5.05. The van der Waals surface area contributed by atoms with Gasteiger partial charge in [0.05, 0.1) is 14.2 Å². The first kappa shape index (κ1) is 25.2. The number of benzene rings is 4. The second-order valence-corrected chi connectivity index (χ2v) is 9.71. The van der Waals surface area contributed by atoms with Crippen LogP contribution in [0.2, 0.25) is 0 Å². The summed E-state index contributed by atoms with van der Waals surface area (Å²) in [6.07, 6.45) is 0.724. The standard InChI is InChI=1S/C33H28N2O5/c1-38-30-18-24-15-16-35(20-26(24)19-31(30)39-2)33(37)29-14-13-28(40-29)22-9-11-27(12-10-22)34-32(36)25-8-7-21-5-3-4-6-23(21)17-25/h3-14,17-19H,15-16,20H2,1-2H3,(H,34,36). The fourth-order valence-corrected chi connectivity index (χ4v) is 5.07. The van der Waals surface area contributed by atoms with E-state index in [0.717, 1.165) is 33.9 Å². The van der Waals surface area contributed by atoms with E-state index in [2.05, 4.69) is 5.32 Å². The van der Waals surface area contributed by atoms with Gasteiger partial charge in [0.2, 0.25) is 0 Å². The van der Waals surface area contributed by atoms with E-state index in [1.165, 1.54) is 0 Å². The van der Waals surface area contributed by atoms with Crippen LogP contribution in [0.1, 0.15) is 32.0 Å². The SMILES string of the molecule is COc1cc2c(cc1OC)CN(C(=O)c1ccc(-c3ccc(NC(=O)c4ccc5ccccc5c4)cc3)o1)CC2. The molecule has 0 atom stereocenters. The Hall–Kier alpha value is -5.04. The van der Waals surface area contributed by atoms with E-state index in [9.17, 15) is 9.59 Å². The number of nitrogens with zero attached hydrogens (tertiary/aromatic N) is 1. The molecule has 0 bridgehead atoms. The van der Waals surface area contributed by atoms with Gasteiger partial charge < -0.3 is 24.1 Å². The molecule has 0 aliphatic carbocycles. The van der Waals surface area contributed by atoms with Gasteiger partial charge in [-0.25, -0.2) is 0 Å². The number of hydrogen-bond donors (Lipinski definition) is 1. The van der Waals surface area contributed by atoms with Crippen molar-refractivity contribution < 1.29 is 23.5 Å². The van der Waals surface area contributed by atoms with Crippen LogP contribution in [0.25, 0.3) is 22.1 Å². The molecule has 40 heavy (non-hydrogen) atoms. The van der Waals surface area contributed by atoms with E-state index in [1.807, 2.05) is 78.9 Å². The van der Waals surface area contributed by atoms with Gasteiger partial charge in [0, 0.05) is 29.9 Å². The molecule has 0 unspecified atom stereocenters. The van der Waals surface area contributed by atoms with E-state index in [-0.39, 0.29) is 17.6 Å². The quantitative estimate of drug-likeness (QED) is 0.268. The highest BCUT2D eigenvalue weighted by Crippen LogP contribution is 2.34. The molecule has 2 amide bonds. The predicted octanol–water partition coefficient (Wildman–Crippen LogP) is 6.57. The van der Waals surface area contributed by atoms with Crippen molar-refractivity contribution in [1.29, 1.82) is 0 Å². The van der Waals surface area contributed by atoms with E-state index < -0.39 is 0 Å². The number of anilines is 1. The number of fused-ring (bicyclic) bond motifs is 2. The predicted molar refractivity (Wildman–Crippen MR) is 154 cm³/mol.